The number of hydrogen-bond donors (Lipinski definition) is 1. The highest BCUT2D eigenvalue weighted by atomic mass is 19.1. The first-order valence-electron chi connectivity index (χ1n) is 5.28. The molecule has 1 heterocycles. The number of hydrogen-bond acceptors (Lipinski definition) is 3. The van der Waals surface area contributed by atoms with E-state index in [4.69, 9.17) is 0 Å². The minimum atomic E-state index is -0.284. The zero-order valence-corrected chi connectivity index (χ0v) is 9.35. The monoisotopic (exact) mass is 233 g/mol. The second-order valence-electron chi connectivity index (χ2n) is 3.52. The third-order valence-electron chi connectivity index (χ3n) is 2.34. The molecule has 0 aliphatic rings. The molecule has 0 amide bonds. The fraction of sp³-hybridized carbons (Fsp3) is 0.167. The maximum absolute atomic E-state index is 12.7. The van der Waals surface area contributed by atoms with Gasteiger partial charge in [-0.15, -0.1) is 0 Å². The summed E-state index contributed by atoms with van der Waals surface area (Å²) in [7, 11) is 0. The second-order valence-corrected chi connectivity index (χ2v) is 3.52. The molecule has 0 spiro atoms. The molecule has 0 unspecified atom stereocenters. The molecular weight excluding hydrogens is 221 g/mol. The summed E-state index contributed by atoms with van der Waals surface area (Å²) < 4.78 is 14.4. The van der Waals surface area contributed by atoms with E-state index in [1.54, 1.807) is 22.9 Å². The van der Waals surface area contributed by atoms with E-state index >= 15 is 0 Å². The van der Waals surface area contributed by atoms with E-state index in [9.17, 15) is 9.18 Å². The van der Waals surface area contributed by atoms with Crippen LogP contribution in [0.5, 0.6) is 0 Å². The molecular formula is C12H12FN3O. The Morgan fingerprint density at radius 1 is 1.41 bits per heavy atom. The van der Waals surface area contributed by atoms with Crippen LogP contribution in [0.3, 0.4) is 0 Å². The van der Waals surface area contributed by atoms with E-state index in [-0.39, 0.29) is 5.82 Å². The van der Waals surface area contributed by atoms with Crippen molar-refractivity contribution in [3.05, 3.63) is 41.8 Å². The largest absolute Gasteiger partial charge is 0.340 e. The molecule has 1 N–H and O–H groups in total. The van der Waals surface area contributed by atoms with Gasteiger partial charge in [-0.1, -0.05) is 0 Å². The van der Waals surface area contributed by atoms with E-state index in [1.165, 1.54) is 12.1 Å². The Bertz CT molecular complexity index is 519. The molecule has 0 aliphatic heterocycles. The standard InChI is InChI=1S/C12H12FN3O/c1-2-16-12(7-11(8-17)15-16)14-10-5-3-9(13)4-6-10/h3-8,14H,2H2,1H3. The Balaban J connectivity index is 2.25. The van der Waals surface area contributed by atoms with Gasteiger partial charge in [0, 0.05) is 18.3 Å². The van der Waals surface area contributed by atoms with Crippen molar-refractivity contribution >= 4 is 17.8 Å². The molecule has 0 atom stereocenters. The highest BCUT2D eigenvalue weighted by Gasteiger charge is 2.06. The summed E-state index contributed by atoms with van der Waals surface area (Å²) in [5.74, 6) is 0.425. The van der Waals surface area contributed by atoms with Crippen molar-refractivity contribution in [1.29, 1.82) is 0 Å². The van der Waals surface area contributed by atoms with Crippen molar-refractivity contribution < 1.29 is 9.18 Å². The van der Waals surface area contributed by atoms with Crippen LogP contribution < -0.4 is 5.32 Å². The summed E-state index contributed by atoms with van der Waals surface area (Å²) in [6.07, 6.45) is 0.696. The number of nitrogens with zero attached hydrogens (tertiary/aromatic N) is 2. The lowest BCUT2D eigenvalue weighted by atomic mass is 10.3. The molecule has 4 nitrogen and oxygen atoms in total. The lowest BCUT2D eigenvalue weighted by molar-refractivity contribution is 0.111. The van der Waals surface area contributed by atoms with Gasteiger partial charge < -0.3 is 5.32 Å². The Labute approximate surface area is 98.1 Å². The molecule has 0 aliphatic carbocycles. The maximum atomic E-state index is 12.7. The first-order valence-corrected chi connectivity index (χ1v) is 5.28. The molecule has 0 bridgehead atoms. The second kappa shape index (κ2) is 4.78. The van der Waals surface area contributed by atoms with Gasteiger partial charge in [-0.3, -0.25) is 4.79 Å². The number of anilines is 2. The van der Waals surface area contributed by atoms with Crippen LogP contribution in [0.1, 0.15) is 17.4 Å². The lowest BCUT2D eigenvalue weighted by Crippen LogP contribution is -2.02. The van der Waals surface area contributed by atoms with Crippen LogP contribution >= 0.6 is 0 Å². The number of halogens is 1. The van der Waals surface area contributed by atoms with E-state index in [0.717, 1.165) is 5.69 Å². The number of aldehydes is 1. The quantitative estimate of drug-likeness (QED) is 0.826. The van der Waals surface area contributed by atoms with Crippen molar-refractivity contribution in [3.8, 4) is 0 Å². The average Bonchev–Trinajstić information content (AvgIpc) is 2.74. The Hall–Kier alpha value is -2.17. The molecule has 0 saturated carbocycles. The third-order valence-corrected chi connectivity index (χ3v) is 2.34. The smallest absolute Gasteiger partial charge is 0.170 e. The first-order chi connectivity index (χ1) is 8.22. The molecule has 2 aromatic rings. The fourth-order valence-corrected chi connectivity index (χ4v) is 1.52. The van der Waals surface area contributed by atoms with E-state index in [0.29, 0.717) is 24.3 Å². The SMILES string of the molecule is CCn1nc(C=O)cc1Nc1ccc(F)cc1. The van der Waals surface area contributed by atoms with Gasteiger partial charge in [-0.2, -0.15) is 5.10 Å². The molecule has 1 aromatic heterocycles. The molecule has 0 fully saturated rings. The van der Waals surface area contributed by atoms with Crippen LogP contribution in [0.15, 0.2) is 30.3 Å². The molecule has 0 radical (unpaired) electrons. The van der Waals surface area contributed by atoms with Crippen LogP contribution in [0.4, 0.5) is 15.9 Å². The van der Waals surface area contributed by atoms with Gasteiger partial charge in [-0.25, -0.2) is 9.07 Å². The van der Waals surface area contributed by atoms with Crippen molar-refractivity contribution in [2.75, 3.05) is 5.32 Å². The van der Waals surface area contributed by atoms with Crippen LogP contribution in [-0.4, -0.2) is 16.1 Å². The minimum Gasteiger partial charge on any atom is -0.340 e. The van der Waals surface area contributed by atoms with Gasteiger partial charge in [0.25, 0.3) is 0 Å². The van der Waals surface area contributed by atoms with Gasteiger partial charge in [0.2, 0.25) is 0 Å². The van der Waals surface area contributed by atoms with Crippen molar-refractivity contribution in [2.24, 2.45) is 0 Å². The zero-order valence-electron chi connectivity index (χ0n) is 9.35. The Morgan fingerprint density at radius 3 is 2.71 bits per heavy atom. The minimum absolute atomic E-state index is 0.284. The normalized spacial score (nSPS) is 10.2. The summed E-state index contributed by atoms with van der Waals surface area (Å²) in [6, 6.07) is 7.65. The summed E-state index contributed by atoms with van der Waals surface area (Å²) in [4.78, 5) is 10.6. The van der Waals surface area contributed by atoms with E-state index in [2.05, 4.69) is 10.4 Å². The van der Waals surface area contributed by atoms with Gasteiger partial charge in [0.15, 0.2) is 6.29 Å². The van der Waals surface area contributed by atoms with Crippen LogP contribution in [-0.2, 0) is 6.54 Å². The molecule has 88 valence electrons. The average molecular weight is 233 g/mol. The number of carbonyl (C=O) groups is 1. The molecule has 0 saturated heterocycles. The molecule has 17 heavy (non-hydrogen) atoms. The van der Waals surface area contributed by atoms with Crippen molar-refractivity contribution in [2.45, 2.75) is 13.5 Å². The lowest BCUT2D eigenvalue weighted by Gasteiger charge is -2.07. The zero-order chi connectivity index (χ0) is 12.3. The van der Waals surface area contributed by atoms with Gasteiger partial charge in [0.1, 0.15) is 17.3 Å². The van der Waals surface area contributed by atoms with E-state index in [1.807, 2.05) is 6.92 Å². The topological polar surface area (TPSA) is 46.9 Å². The van der Waals surface area contributed by atoms with Crippen LogP contribution in [0.2, 0.25) is 0 Å². The predicted molar refractivity (Wildman–Crippen MR) is 63.0 cm³/mol. The van der Waals surface area contributed by atoms with Crippen LogP contribution in [0.25, 0.3) is 0 Å². The summed E-state index contributed by atoms with van der Waals surface area (Å²) in [5, 5.41) is 7.15. The molecule has 2 rings (SSSR count). The van der Waals surface area contributed by atoms with Crippen LogP contribution in [0, 0.1) is 5.82 Å². The number of carbonyl (C=O) groups excluding carboxylic acids is 1. The Kier molecular flexibility index (Phi) is 3.18. The predicted octanol–water partition coefficient (Wildman–Crippen LogP) is 2.60. The Morgan fingerprint density at radius 2 is 2.12 bits per heavy atom. The van der Waals surface area contributed by atoms with Gasteiger partial charge in [-0.05, 0) is 31.2 Å². The van der Waals surface area contributed by atoms with Crippen molar-refractivity contribution in [1.82, 2.24) is 9.78 Å². The first kappa shape index (κ1) is 11.3. The summed E-state index contributed by atoms with van der Waals surface area (Å²) >= 11 is 0. The number of nitrogens with one attached hydrogen (secondary N) is 1. The highest BCUT2D eigenvalue weighted by Crippen LogP contribution is 2.17. The third kappa shape index (κ3) is 2.50. The van der Waals surface area contributed by atoms with Crippen molar-refractivity contribution in [3.63, 3.8) is 0 Å². The van der Waals surface area contributed by atoms with Gasteiger partial charge >= 0.3 is 0 Å². The van der Waals surface area contributed by atoms with E-state index < -0.39 is 0 Å². The maximum Gasteiger partial charge on any atom is 0.170 e. The fourth-order valence-electron chi connectivity index (χ4n) is 1.52. The molecule has 1 aromatic carbocycles. The number of benzene rings is 1. The summed E-state index contributed by atoms with van der Waals surface area (Å²) in [5.41, 5.74) is 1.12. The summed E-state index contributed by atoms with van der Waals surface area (Å²) in [6.45, 7) is 2.58. The number of aryl methyl sites for hydroxylation is 1. The molecule has 5 heteroatoms. The number of rotatable bonds is 4. The van der Waals surface area contributed by atoms with Gasteiger partial charge in [0.05, 0.1) is 0 Å². The number of aromatic nitrogens is 2. The highest BCUT2D eigenvalue weighted by molar-refractivity contribution is 5.74.